The zero-order chi connectivity index (χ0) is 29.2. The molecule has 0 atom stereocenters. The van der Waals surface area contributed by atoms with E-state index in [-0.39, 0.29) is 11.5 Å². The molecule has 0 radical (unpaired) electrons. The third-order valence-electron chi connectivity index (χ3n) is 5.88. The molecule has 0 bridgehead atoms. The maximum absolute atomic E-state index is 13.3. The summed E-state index contributed by atoms with van der Waals surface area (Å²) >= 11 is 12.6. The number of para-hydroxylation sites is 1. The second kappa shape index (κ2) is 14.1. The van der Waals surface area contributed by atoms with Gasteiger partial charge in [0.05, 0.1) is 6.61 Å². The Labute approximate surface area is 248 Å². The Bertz CT molecular complexity index is 1590. The SMILES string of the molecule is CCOc1ccccc1/C=C/C(=O)c1ccc(NC(=O)/C(=C/c2c(Cl)cccc2Cl)NC(=O)c2ccccc2)cc1. The van der Waals surface area contributed by atoms with Crippen LogP contribution in [0.1, 0.15) is 38.8 Å². The van der Waals surface area contributed by atoms with Gasteiger partial charge >= 0.3 is 0 Å². The number of benzene rings is 4. The van der Waals surface area contributed by atoms with Crippen molar-refractivity contribution in [3.05, 3.63) is 141 Å². The molecule has 0 aromatic heterocycles. The Morgan fingerprint density at radius 2 is 1.44 bits per heavy atom. The molecule has 0 fully saturated rings. The summed E-state index contributed by atoms with van der Waals surface area (Å²) in [5.74, 6) is -0.595. The highest BCUT2D eigenvalue weighted by Crippen LogP contribution is 2.27. The van der Waals surface area contributed by atoms with E-state index >= 15 is 0 Å². The van der Waals surface area contributed by atoms with E-state index in [1.54, 1.807) is 78.9 Å². The molecule has 2 N–H and O–H groups in total. The number of halogens is 2. The molecule has 206 valence electrons. The van der Waals surface area contributed by atoms with Gasteiger partial charge in [0.15, 0.2) is 5.78 Å². The van der Waals surface area contributed by atoms with Crippen LogP contribution in [0.15, 0.2) is 109 Å². The van der Waals surface area contributed by atoms with E-state index in [4.69, 9.17) is 27.9 Å². The first-order valence-corrected chi connectivity index (χ1v) is 13.5. The van der Waals surface area contributed by atoms with Crippen molar-refractivity contribution in [3.63, 3.8) is 0 Å². The second-order valence-electron chi connectivity index (χ2n) is 8.71. The molecule has 4 rings (SSSR count). The van der Waals surface area contributed by atoms with Gasteiger partial charge in [-0.3, -0.25) is 14.4 Å². The van der Waals surface area contributed by atoms with Gasteiger partial charge in [-0.1, -0.05) is 65.7 Å². The monoisotopic (exact) mass is 584 g/mol. The number of carbonyl (C=O) groups excluding carboxylic acids is 3. The van der Waals surface area contributed by atoms with Crippen LogP contribution in [0.25, 0.3) is 12.2 Å². The highest BCUT2D eigenvalue weighted by molar-refractivity contribution is 6.37. The number of ketones is 1. The minimum Gasteiger partial charge on any atom is -0.493 e. The molecule has 0 spiro atoms. The van der Waals surface area contributed by atoms with Crippen molar-refractivity contribution >= 4 is 58.6 Å². The Morgan fingerprint density at radius 3 is 2.12 bits per heavy atom. The van der Waals surface area contributed by atoms with Crippen molar-refractivity contribution in [3.8, 4) is 5.75 Å². The zero-order valence-electron chi connectivity index (χ0n) is 22.1. The summed E-state index contributed by atoms with van der Waals surface area (Å²) in [6.45, 7) is 2.41. The van der Waals surface area contributed by atoms with E-state index < -0.39 is 11.8 Å². The predicted molar refractivity (Wildman–Crippen MR) is 164 cm³/mol. The number of rotatable bonds is 10. The molecule has 0 aliphatic rings. The Hall–Kier alpha value is -4.65. The van der Waals surface area contributed by atoms with Crippen LogP contribution in [0.2, 0.25) is 10.0 Å². The normalized spacial score (nSPS) is 11.2. The summed E-state index contributed by atoms with van der Waals surface area (Å²) in [7, 11) is 0. The number of anilines is 1. The fourth-order valence-corrected chi connectivity index (χ4v) is 4.33. The predicted octanol–water partition coefficient (Wildman–Crippen LogP) is 7.70. The lowest BCUT2D eigenvalue weighted by Gasteiger charge is -2.12. The lowest BCUT2D eigenvalue weighted by atomic mass is 10.1. The van der Waals surface area contributed by atoms with E-state index in [1.165, 1.54) is 12.2 Å². The number of nitrogens with one attached hydrogen (secondary N) is 2. The summed E-state index contributed by atoms with van der Waals surface area (Å²) in [4.78, 5) is 38.9. The second-order valence-corrected chi connectivity index (χ2v) is 9.53. The van der Waals surface area contributed by atoms with Crippen LogP contribution >= 0.6 is 23.2 Å². The molecule has 0 heterocycles. The Balaban J connectivity index is 1.52. The van der Waals surface area contributed by atoms with Crippen molar-refractivity contribution in [1.29, 1.82) is 0 Å². The third kappa shape index (κ3) is 7.94. The van der Waals surface area contributed by atoms with Gasteiger partial charge in [0.1, 0.15) is 11.4 Å². The minimum absolute atomic E-state index is 0.0649. The Kier molecular flexibility index (Phi) is 10.1. The average Bonchev–Trinajstić information content (AvgIpc) is 2.98. The summed E-state index contributed by atoms with van der Waals surface area (Å²) in [6.07, 6.45) is 4.59. The van der Waals surface area contributed by atoms with Crippen LogP contribution in [0.5, 0.6) is 5.75 Å². The van der Waals surface area contributed by atoms with E-state index in [2.05, 4.69) is 10.6 Å². The molecule has 6 nitrogen and oxygen atoms in total. The minimum atomic E-state index is -0.600. The molecular weight excluding hydrogens is 559 g/mol. The number of carbonyl (C=O) groups is 3. The standard InChI is InChI=1S/C33H26Cl2N2O4/c1-2-41-31-14-7-6-9-23(31)17-20-30(38)22-15-18-25(19-16-22)36-33(40)29(21-26-27(34)12-8-13-28(26)35)37-32(39)24-10-4-3-5-11-24/h3-21H,2H2,1H3,(H,36,40)(H,37,39)/b20-17+,29-21-. The summed E-state index contributed by atoms with van der Waals surface area (Å²) in [5, 5.41) is 6.03. The lowest BCUT2D eigenvalue weighted by molar-refractivity contribution is -0.113. The van der Waals surface area contributed by atoms with Gasteiger partial charge in [0.25, 0.3) is 11.8 Å². The third-order valence-corrected chi connectivity index (χ3v) is 6.54. The number of ether oxygens (including phenoxy) is 1. The smallest absolute Gasteiger partial charge is 0.272 e. The number of hydrogen-bond acceptors (Lipinski definition) is 4. The zero-order valence-corrected chi connectivity index (χ0v) is 23.6. The van der Waals surface area contributed by atoms with Crippen LogP contribution in [0, 0.1) is 0 Å². The summed E-state index contributed by atoms with van der Waals surface area (Å²) in [5.41, 5.74) is 2.34. The average molecular weight is 585 g/mol. The first-order valence-electron chi connectivity index (χ1n) is 12.7. The number of allylic oxidation sites excluding steroid dienone is 1. The van der Waals surface area contributed by atoms with Crippen molar-refractivity contribution < 1.29 is 19.1 Å². The van der Waals surface area contributed by atoms with E-state index in [0.717, 1.165) is 5.56 Å². The highest BCUT2D eigenvalue weighted by Gasteiger charge is 2.17. The van der Waals surface area contributed by atoms with Gasteiger partial charge in [-0.25, -0.2) is 0 Å². The maximum Gasteiger partial charge on any atom is 0.272 e. The largest absolute Gasteiger partial charge is 0.493 e. The van der Waals surface area contributed by atoms with Crippen LogP contribution < -0.4 is 15.4 Å². The van der Waals surface area contributed by atoms with Gasteiger partial charge < -0.3 is 15.4 Å². The molecule has 4 aromatic rings. The van der Waals surface area contributed by atoms with E-state index in [9.17, 15) is 14.4 Å². The molecule has 0 saturated heterocycles. The van der Waals surface area contributed by atoms with Gasteiger partial charge in [0.2, 0.25) is 0 Å². The summed E-state index contributed by atoms with van der Waals surface area (Å²) < 4.78 is 5.60. The van der Waals surface area contributed by atoms with Crippen molar-refractivity contribution in [2.45, 2.75) is 6.92 Å². The summed E-state index contributed by atoms with van der Waals surface area (Å²) in [6, 6.07) is 27.3. The Morgan fingerprint density at radius 1 is 0.780 bits per heavy atom. The molecule has 0 saturated carbocycles. The van der Waals surface area contributed by atoms with Gasteiger partial charge in [0, 0.05) is 38.0 Å². The van der Waals surface area contributed by atoms with Gasteiger partial charge in [-0.05, 0) is 79.7 Å². The molecule has 8 heteroatoms. The first kappa shape index (κ1) is 29.3. The fourth-order valence-electron chi connectivity index (χ4n) is 3.82. The van der Waals surface area contributed by atoms with E-state index in [0.29, 0.717) is 44.8 Å². The van der Waals surface area contributed by atoms with Crippen LogP contribution in [-0.2, 0) is 4.79 Å². The van der Waals surface area contributed by atoms with Gasteiger partial charge in [-0.15, -0.1) is 0 Å². The first-order chi connectivity index (χ1) is 19.9. The lowest BCUT2D eigenvalue weighted by Crippen LogP contribution is -2.30. The van der Waals surface area contributed by atoms with Crippen LogP contribution in [0.3, 0.4) is 0 Å². The maximum atomic E-state index is 13.3. The molecule has 0 aliphatic heterocycles. The fraction of sp³-hybridized carbons (Fsp3) is 0.0606. The molecule has 41 heavy (non-hydrogen) atoms. The van der Waals surface area contributed by atoms with Crippen LogP contribution in [0.4, 0.5) is 5.69 Å². The molecule has 4 aromatic carbocycles. The van der Waals surface area contributed by atoms with Crippen molar-refractivity contribution in [2.75, 3.05) is 11.9 Å². The van der Waals surface area contributed by atoms with E-state index in [1.807, 2.05) is 31.2 Å². The number of hydrogen-bond donors (Lipinski definition) is 2. The van der Waals surface area contributed by atoms with Crippen molar-refractivity contribution in [1.82, 2.24) is 5.32 Å². The molecule has 2 amide bonds. The van der Waals surface area contributed by atoms with Crippen LogP contribution in [-0.4, -0.2) is 24.2 Å². The molecular formula is C33H26Cl2N2O4. The molecule has 0 unspecified atom stereocenters. The number of amides is 2. The quantitative estimate of drug-likeness (QED) is 0.148. The highest BCUT2D eigenvalue weighted by atomic mass is 35.5. The van der Waals surface area contributed by atoms with Gasteiger partial charge in [-0.2, -0.15) is 0 Å². The molecule has 0 aliphatic carbocycles. The van der Waals surface area contributed by atoms with Crippen molar-refractivity contribution in [2.24, 2.45) is 0 Å². The topological polar surface area (TPSA) is 84.5 Å².